The van der Waals surface area contributed by atoms with Gasteiger partial charge >= 0.3 is 5.97 Å². The molecule has 0 bridgehead atoms. The number of allylic oxidation sites excluding steroid dienone is 1. The van der Waals surface area contributed by atoms with E-state index >= 15 is 0 Å². The van der Waals surface area contributed by atoms with Crippen LogP contribution in [0.2, 0.25) is 5.02 Å². The van der Waals surface area contributed by atoms with Crippen molar-refractivity contribution in [3.63, 3.8) is 0 Å². The molecule has 2 aliphatic rings. The Morgan fingerprint density at radius 1 is 1.09 bits per heavy atom. The minimum Gasteiger partial charge on any atom is -0.457 e. The Morgan fingerprint density at radius 3 is 2.38 bits per heavy atom. The highest BCUT2D eigenvalue weighted by molar-refractivity contribution is 6.30. The zero-order valence-corrected chi connectivity index (χ0v) is 19.6. The van der Waals surface area contributed by atoms with Crippen molar-refractivity contribution in [1.82, 2.24) is 4.90 Å². The molecule has 6 heteroatoms. The molecule has 2 aromatic rings. The van der Waals surface area contributed by atoms with Crippen LogP contribution in [-0.4, -0.2) is 55.0 Å². The van der Waals surface area contributed by atoms with Crippen molar-refractivity contribution in [3.8, 4) is 0 Å². The average Bonchev–Trinajstić information content (AvgIpc) is 2.74. The Labute approximate surface area is 194 Å². The Bertz CT molecular complexity index is 1020. The van der Waals surface area contributed by atoms with E-state index in [4.69, 9.17) is 16.3 Å². The molecular weight excluding hydrogens is 424 g/mol. The summed E-state index contributed by atoms with van der Waals surface area (Å²) in [5.41, 5.74) is 3.10. The molecule has 1 atom stereocenters. The second kappa shape index (κ2) is 9.08. The summed E-state index contributed by atoms with van der Waals surface area (Å²) in [6.07, 6.45) is 0.250. The summed E-state index contributed by atoms with van der Waals surface area (Å²) in [6, 6.07) is 17.0. The number of hydrogen-bond donors (Lipinski definition) is 0. The molecule has 2 heterocycles. The van der Waals surface area contributed by atoms with E-state index in [0.29, 0.717) is 28.8 Å². The molecule has 1 saturated heterocycles. The summed E-state index contributed by atoms with van der Waals surface area (Å²) in [4.78, 5) is 28.3. The number of halogens is 1. The topological polar surface area (TPSA) is 46.6 Å². The van der Waals surface area contributed by atoms with Crippen LogP contribution >= 0.6 is 11.6 Å². The fourth-order valence-electron chi connectivity index (χ4n) is 5.00. The van der Waals surface area contributed by atoms with Crippen molar-refractivity contribution in [2.75, 3.05) is 33.7 Å². The van der Waals surface area contributed by atoms with Gasteiger partial charge in [-0.3, -0.25) is 4.79 Å². The molecule has 4 rings (SSSR count). The van der Waals surface area contributed by atoms with Gasteiger partial charge in [0.1, 0.15) is 6.61 Å². The average molecular weight is 454 g/mol. The number of rotatable bonds is 6. The number of esters is 1. The molecule has 0 spiro atoms. The molecule has 1 unspecified atom stereocenters. The molecule has 1 amide bonds. The highest BCUT2D eigenvalue weighted by atomic mass is 35.5. The van der Waals surface area contributed by atoms with E-state index in [-0.39, 0.29) is 30.8 Å². The zero-order chi connectivity index (χ0) is 22.9. The smallest absolute Gasteiger partial charge is 0.336 e. The lowest BCUT2D eigenvalue weighted by Crippen LogP contribution is -2.61. The van der Waals surface area contributed by atoms with Gasteiger partial charge in [0.25, 0.3) is 0 Å². The third-order valence-electron chi connectivity index (χ3n) is 6.47. The lowest BCUT2D eigenvalue weighted by molar-refractivity contribution is -0.938. The summed E-state index contributed by atoms with van der Waals surface area (Å²) in [5, 5.41) is 0.622. The summed E-state index contributed by atoms with van der Waals surface area (Å²) >= 11 is 6.07. The summed E-state index contributed by atoms with van der Waals surface area (Å²) in [5.74, 6) is -0.210. The van der Waals surface area contributed by atoms with Crippen molar-refractivity contribution in [2.45, 2.75) is 25.9 Å². The first-order chi connectivity index (χ1) is 15.2. The van der Waals surface area contributed by atoms with Gasteiger partial charge in [-0.2, -0.15) is 0 Å². The number of ether oxygens (including phenoxy) is 1. The second-order valence-electron chi connectivity index (χ2n) is 9.54. The van der Waals surface area contributed by atoms with Crippen LogP contribution in [0.25, 0.3) is 0 Å². The molecule has 0 aromatic heterocycles. The van der Waals surface area contributed by atoms with E-state index in [1.807, 2.05) is 49.4 Å². The quantitative estimate of drug-likeness (QED) is 0.481. The predicted molar refractivity (Wildman–Crippen MR) is 125 cm³/mol. The van der Waals surface area contributed by atoms with Crippen LogP contribution < -0.4 is 0 Å². The molecular formula is C26H30ClN2O3+. The fourth-order valence-corrected chi connectivity index (χ4v) is 5.12. The van der Waals surface area contributed by atoms with Crippen molar-refractivity contribution in [1.29, 1.82) is 0 Å². The molecule has 0 radical (unpaired) electrons. The van der Waals surface area contributed by atoms with Crippen molar-refractivity contribution in [2.24, 2.45) is 5.92 Å². The number of amides is 1. The van der Waals surface area contributed by atoms with Gasteiger partial charge in [-0.1, -0.05) is 54.1 Å². The van der Waals surface area contributed by atoms with Crippen LogP contribution in [0, 0.1) is 5.92 Å². The van der Waals surface area contributed by atoms with Gasteiger partial charge < -0.3 is 14.1 Å². The van der Waals surface area contributed by atoms with E-state index < -0.39 is 0 Å². The van der Waals surface area contributed by atoms with Crippen LogP contribution in [0.5, 0.6) is 0 Å². The van der Waals surface area contributed by atoms with Crippen molar-refractivity contribution < 1.29 is 18.8 Å². The lowest BCUT2D eigenvalue weighted by atomic mass is 9.83. The minimum absolute atomic E-state index is 0.0549. The number of quaternary nitrogens is 1. The van der Waals surface area contributed by atoms with Crippen LogP contribution in [0.15, 0.2) is 65.9 Å². The Hall–Kier alpha value is -2.63. The van der Waals surface area contributed by atoms with Gasteiger partial charge in [0.05, 0.1) is 38.7 Å². The van der Waals surface area contributed by atoms with Crippen LogP contribution in [0.1, 0.15) is 30.4 Å². The first-order valence-corrected chi connectivity index (χ1v) is 11.4. The Balaban J connectivity index is 1.62. The molecule has 168 valence electrons. The summed E-state index contributed by atoms with van der Waals surface area (Å²) in [7, 11) is 4.39. The van der Waals surface area contributed by atoms with Gasteiger partial charge in [-0.25, -0.2) is 4.79 Å². The van der Waals surface area contributed by atoms with Crippen molar-refractivity contribution in [3.05, 3.63) is 82.0 Å². The number of carbonyl (C=O) groups is 2. The highest BCUT2D eigenvalue weighted by Crippen LogP contribution is 2.38. The molecule has 32 heavy (non-hydrogen) atoms. The Kier molecular flexibility index (Phi) is 6.40. The number of hydrogen-bond acceptors (Lipinski definition) is 3. The van der Waals surface area contributed by atoms with Gasteiger partial charge in [0, 0.05) is 29.6 Å². The zero-order valence-electron chi connectivity index (χ0n) is 18.9. The highest BCUT2D eigenvalue weighted by Gasteiger charge is 2.42. The largest absolute Gasteiger partial charge is 0.457 e. The van der Waals surface area contributed by atoms with Crippen LogP contribution in [0.3, 0.4) is 0 Å². The van der Waals surface area contributed by atoms with Crippen LogP contribution in [-0.2, 0) is 20.9 Å². The third-order valence-corrected chi connectivity index (χ3v) is 6.73. The molecule has 2 aromatic carbocycles. The number of nitrogens with zero attached hydrogens (tertiary/aromatic N) is 2. The monoisotopic (exact) mass is 453 g/mol. The molecule has 2 aliphatic heterocycles. The standard InChI is InChI=1S/C26H30ClN2O3/c1-18-25(26(31)32-17-19-7-5-4-6-8-19)23(21-9-11-22(27)12-10-21)13-24(30)28(18)14-20-15-29(2,3)16-20/h4-12,20,23H,13-17H2,1-3H3/q+1. The van der Waals surface area contributed by atoms with Crippen LogP contribution in [0.4, 0.5) is 0 Å². The third kappa shape index (κ3) is 4.89. The maximum atomic E-state index is 13.3. The first kappa shape index (κ1) is 22.6. The molecule has 1 fully saturated rings. The molecule has 5 nitrogen and oxygen atoms in total. The summed E-state index contributed by atoms with van der Waals surface area (Å²) in [6.45, 7) is 4.79. The SMILES string of the molecule is CC1=C(C(=O)OCc2ccccc2)C(c2ccc(Cl)cc2)CC(=O)N1CC1C[N+](C)(C)C1. The van der Waals surface area contributed by atoms with Crippen molar-refractivity contribution >= 4 is 23.5 Å². The van der Waals surface area contributed by atoms with E-state index in [1.54, 1.807) is 17.0 Å². The molecule has 0 saturated carbocycles. The van der Waals surface area contributed by atoms with E-state index in [1.165, 1.54) is 0 Å². The van der Waals surface area contributed by atoms with E-state index in [9.17, 15) is 9.59 Å². The maximum Gasteiger partial charge on any atom is 0.336 e. The fraction of sp³-hybridized carbons (Fsp3) is 0.385. The molecule has 0 aliphatic carbocycles. The van der Waals surface area contributed by atoms with Gasteiger partial charge in [-0.05, 0) is 30.2 Å². The van der Waals surface area contributed by atoms with E-state index in [0.717, 1.165) is 28.7 Å². The lowest BCUT2D eigenvalue weighted by Gasteiger charge is -2.47. The normalized spacial score (nSPS) is 20.8. The number of carbonyl (C=O) groups excluding carboxylic acids is 2. The van der Waals surface area contributed by atoms with Gasteiger partial charge in [-0.15, -0.1) is 0 Å². The number of benzene rings is 2. The minimum atomic E-state index is -0.367. The Morgan fingerprint density at radius 2 is 1.75 bits per heavy atom. The molecule has 0 N–H and O–H groups in total. The van der Waals surface area contributed by atoms with Gasteiger partial charge in [0.15, 0.2) is 0 Å². The summed E-state index contributed by atoms with van der Waals surface area (Å²) < 4.78 is 6.68. The number of likely N-dealkylation sites (tertiary alicyclic amines) is 1. The predicted octanol–water partition coefficient (Wildman–Crippen LogP) is 4.38. The first-order valence-electron chi connectivity index (χ1n) is 11.0. The second-order valence-corrected chi connectivity index (χ2v) is 9.98. The van der Waals surface area contributed by atoms with E-state index in [2.05, 4.69) is 14.1 Å². The van der Waals surface area contributed by atoms with Gasteiger partial charge in [0.2, 0.25) is 5.91 Å². The maximum absolute atomic E-state index is 13.3.